The van der Waals surface area contributed by atoms with Crippen LogP contribution in [0.25, 0.3) is 0 Å². The SMILES string of the molecule is O=C1N=C(N2CCCC2)SC1Cc1ccc(O)cc1O. The van der Waals surface area contributed by atoms with Crippen molar-refractivity contribution in [1.82, 2.24) is 4.90 Å². The molecule has 2 aliphatic rings. The van der Waals surface area contributed by atoms with Crippen molar-refractivity contribution in [2.75, 3.05) is 13.1 Å². The second-order valence-corrected chi connectivity index (χ2v) is 6.22. The van der Waals surface area contributed by atoms with E-state index in [1.54, 1.807) is 6.07 Å². The van der Waals surface area contributed by atoms with Crippen LogP contribution < -0.4 is 0 Å². The maximum atomic E-state index is 12.0. The van der Waals surface area contributed by atoms with Crippen LogP contribution in [0.1, 0.15) is 18.4 Å². The summed E-state index contributed by atoms with van der Waals surface area (Å²) in [4.78, 5) is 18.2. The number of hydrogen-bond donors (Lipinski definition) is 2. The molecule has 20 heavy (non-hydrogen) atoms. The molecule has 3 rings (SSSR count). The third-order valence-corrected chi connectivity index (χ3v) is 4.79. The molecule has 1 amide bonds. The van der Waals surface area contributed by atoms with Crippen LogP contribution >= 0.6 is 11.8 Å². The predicted octanol–water partition coefficient (Wildman–Crippen LogP) is 1.73. The lowest BCUT2D eigenvalue weighted by Crippen LogP contribution is -2.24. The fourth-order valence-electron chi connectivity index (χ4n) is 2.48. The van der Waals surface area contributed by atoms with Gasteiger partial charge in [-0.15, -0.1) is 0 Å². The predicted molar refractivity (Wildman–Crippen MR) is 78.1 cm³/mol. The molecule has 1 unspecified atom stereocenters. The second-order valence-electron chi connectivity index (χ2n) is 5.05. The number of rotatable bonds is 2. The molecule has 5 nitrogen and oxygen atoms in total. The zero-order chi connectivity index (χ0) is 14.1. The van der Waals surface area contributed by atoms with Gasteiger partial charge in [0, 0.05) is 19.2 Å². The molecule has 1 fully saturated rings. The van der Waals surface area contributed by atoms with E-state index in [1.165, 1.54) is 23.9 Å². The summed E-state index contributed by atoms with van der Waals surface area (Å²) in [6.45, 7) is 1.94. The van der Waals surface area contributed by atoms with E-state index in [1.807, 2.05) is 0 Å². The Labute approximate surface area is 121 Å². The summed E-state index contributed by atoms with van der Waals surface area (Å²) in [6, 6.07) is 4.45. The molecule has 2 N–H and O–H groups in total. The minimum Gasteiger partial charge on any atom is -0.508 e. The summed E-state index contributed by atoms with van der Waals surface area (Å²) in [5.41, 5.74) is 0.659. The average molecular weight is 292 g/mol. The van der Waals surface area contributed by atoms with Crippen molar-refractivity contribution in [2.45, 2.75) is 24.5 Å². The first-order valence-corrected chi connectivity index (χ1v) is 7.56. The normalized spacial score (nSPS) is 22.4. The number of benzene rings is 1. The Bertz CT molecular complexity index is 568. The molecule has 1 saturated heterocycles. The fourth-order valence-corrected chi connectivity index (χ4v) is 3.62. The van der Waals surface area contributed by atoms with Crippen LogP contribution in [-0.4, -0.2) is 44.5 Å². The molecule has 1 aromatic carbocycles. The molecule has 0 aliphatic carbocycles. The first-order valence-electron chi connectivity index (χ1n) is 6.68. The molecule has 0 saturated carbocycles. The number of aromatic hydroxyl groups is 2. The van der Waals surface area contributed by atoms with Gasteiger partial charge >= 0.3 is 0 Å². The monoisotopic (exact) mass is 292 g/mol. The third-order valence-electron chi connectivity index (χ3n) is 3.58. The highest BCUT2D eigenvalue weighted by molar-refractivity contribution is 8.15. The first kappa shape index (κ1) is 13.3. The van der Waals surface area contributed by atoms with E-state index < -0.39 is 0 Å². The number of phenolic OH excluding ortho intramolecular Hbond substituents is 2. The molecule has 106 valence electrons. The molecule has 0 bridgehead atoms. The Kier molecular flexibility index (Phi) is 3.56. The number of aliphatic imine (C=N–C) groups is 1. The quantitative estimate of drug-likeness (QED) is 0.868. The third kappa shape index (κ3) is 2.60. The highest BCUT2D eigenvalue weighted by atomic mass is 32.2. The van der Waals surface area contributed by atoms with Crippen LogP contribution in [0, 0.1) is 0 Å². The number of amides is 1. The Balaban J connectivity index is 1.69. The van der Waals surface area contributed by atoms with Crippen LogP contribution in [0.4, 0.5) is 0 Å². The first-order chi connectivity index (χ1) is 9.63. The molecular formula is C14H16N2O3S. The van der Waals surface area contributed by atoms with Crippen molar-refractivity contribution < 1.29 is 15.0 Å². The van der Waals surface area contributed by atoms with Crippen molar-refractivity contribution >= 4 is 22.8 Å². The van der Waals surface area contributed by atoms with Crippen molar-refractivity contribution in [3.63, 3.8) is 0 Å². The Morgan fingerprint density at radius 3 is 2.75 bits per heavy atom. The number of hydrogen-bond acceptors (Lipinski definition) is 5. The van der Waals surface area contributed by atoms with Gasteiger partial charge in [0.2, 0.25) is 0 Å². The van der Waals surface area contributed by atoms with E-state index in [2.05, 4.69) is 9.89 Å². The number of likely N-dealkylation sites (tertiary alicyclic amines) is 1. The van der Waals surface area contributed by atoms with Crippen molar-refractivity contribution in [2.24, 2.45) is 4.99 Å². The average Bonchev–Trinajstić information content (AvgIpc) is 3.03. The molecular weight excluding hydrogens is 276 g/mol. The molecule has 0 radical (unpaired) electrons. The number of phenols is 2. The number of amidine groups is 1. The topological polar surface area (TPSA) is 73.1 Å². The van der Waals surface area contributed by atoms with Crippen molar-refractivity contribution in [3.8, 4) is 11.5 Å². The van der Waals surface area contributed by atoms with Gasteiger partial charge in [-0.2, -0.15) is 4.99 Å². The van der Waals surface area contributed by atoms with Crippen molar-refractivity contribution in [1.29, 1.82) is 0 Å². The van der Waals surface area contributed by atoms with E-state index in [9.17, 15) is 15.0 Å². The lowest BCUT2D eigenvalue weighted by molar-refractivity contribution is -0.117. The lowest BCUT2D eigenvalue weighted by atomic mass is 10.1. The lowest BCUT2D eigenvalue weighted by Gasteiger charge is -2.16. The van der Waals surface area contributed by atoms with Crippen LogP contribution in [0.2, 0.25) is 0 Å². The molecule has 1 atom stereocenters. The van der Waals surface area contributed by atoms with Gasteiger partial charge in [0.05, 0.1) is 5.25 Å². The molecule has 6 heteroatoms. The van der Waals surface area contributed by atoms with E-state index in [-0.39, 0.29) is 22.7 Å². The second kappa shape index (κ2) is 5.36. The summed E-state index contributed by atoms with van der Waals surface area (Å²) in [5.74, 6) is -0.0944. The van der Waals surface area contributed by atoms with Gasteiger partial charge in [0.25, 0.3) is 5.91 Å². The van der Waals surface area contributed by atoms with Crippen LogP contribution in [-0.2, 0) is 11.2 Å². The van der Waals surface area contributed by atoms with Gasteiger partial charge in [-0.25, -0.2) is 0 Å². The standard InChI is InChI=1S/C14H16N2O3S/c17-10-4-3-9(11(18)8-10)7-12-13(19)15-14(20-12)16-5-1-2-6-16/h3-4,8,12,17-18H,1-2,5-7H2. The van der Waals surface area contributed by atoms with Gasteiger partial charge < -0.3 is 15.1 Å². The Morgan fingerprint density at radius 1 is 1.30 bits per heavy atom. The summed E-state index contributed by atoms with van der Waals surface area (Å²) in [7, 11) is 0. The Morgan fingerprint density at radius 2 is 2.05 bits per heavy atom. The molecule has 2 aliphatic heterocycles. The van der Waals surface area contributed by atoms with E-state index >= 15 is 0 Å². The van der Waals surface area contributed by atoms with Crippen LogP contribution in [0.3, 0.4) is 0 Å². The van der Waals surface area contributed by atoms with Gasteiger partial charge in [-0.3, -0.25) is 4.79 Å². The van der Waals surface area contributed by atoms with Gasteiger partial charge in [-0.05, 0) is 30.9 Å². The van der Waals surface area contributed by atoms with Gasteiger partial charge in [0.15, 0.2) is 5.17 Å². The van der Waals surface area contributed by atoms with E-state index in [4.69, 9.17) is 0 Å². The fraction of sp³-hybridized carbons (Fsp3) is 0.429. The molecule has 2 heterocycles. The van der Waals surface area contributed by atoms with Gasteiger partial charge in [0.1, 0.15) is 11.5 Å². The highest BCUT2D eigenvalue weighted by Gasteiger charge is 2.32. The number of thioether (sulfide) groups is 1. The smallest absolute Gasteiger partial charge is 0.262 e. The zero-order valence-electron chi connectivity index (χ0n) is 11.0. The minimum atomic E-state index is -0.277. The molecule has 1 aromatic rings. The van der Waals surface area contributed by atoms with Crippen molar-refractivity contribution in [3.05, 3.63) is 23.8 Å². The largest absolute Gasteiger partial charge is 0.508 e. The Hall–Kier alpha value is -1.69. The summed E-state index contributed by atoms with van der Waals surface area (Å²) in [5, 5.41) is 19.6. The summed E-state index contributed by atoms with van der Waals surface area (Å²) in [6.07, 6.45) is 2.73. The maximum absolute atomic E-state index is 12.0. The zero-order valence-corrected chi connectivity index (χ0v) is 11.8. The number of nitrogens with zero attached hydrogens (tertiary/aromatic N) is 2. The summed E-state index contributed by atoms with van der Waals surface area (Å²) < 4.78 is 0. The van der Waals surface area contributed by atoms with E-state index in [0.29, 0.717) is 12.0 Å². The molecule has 0 aromatic heterocycles. The summed E-state index contributed by atoms with van der Waals surface area (Å²) >= 11 is 1.48. The van der Waals surface area contributed by atoms with Gasteiger partial charge in [-0.1, -0.05) is 17.8 Å². The number of carbonyl (C=O) groups is 1. The maximum Gasteiger partial charge on any atom is 0.262 e. The van der Waals surface area contributed by atoms with E-state index in [0.717, 1.165) is 31.1 Å². The molecule has 0 spiro atoms. The minimum absolute atomic E-state index is 0.0191. The van der Waals surface area contributed by atoms with Crippen LogP contribution in [0.15, 0.2) is 23.2 Å². The highest BCUT2D eigenvalue weighted by Crippen LogP contribution is 2.32. The number of carbonyl (C=O) groups excluding carboxylic acids is 1. The van der Waals surface area contributed by atoms with Crippen LogP contribution in [0.5, 0.6) is 11.5 Å².